The molecule has 5 nitrogen and oxygen atoms in total. The molecule has 0 spiro atoms. The molecule has 5 heteroatoms. The van der Waals surface area contributed by atoms with Gasteiger partial charge in [-0.2, -0.15) is 0 Å². The number of aryl methyl sites for hydroxylation is 1. The Labute approximate surface area is 154 Å². The maximum absolute atomic E-state index is 12.3. The van der Waals surface area contributed by atoms with Gasteiger partial charge in [-0.25, -0.2) is 0 Å². The average Bonchev–Trinajstić information content (AvgIpc) is 2.59. The molecule has 0 saturated carbocycles. The molecule has 2 aromatic rings. The van der Waals surface area contributed by atoms with Gasteiger partial charge in [-0.3, -0.25) is 9.59 Å². The molecule has 0 aliphatic carbocycles. The summed E-state index contributed by atoms with van der Waals surface area (Å²) in [4.78, 5) is 24.2. The highest BCUT2D eigenvalue weighted by molar-refractivity contribution is 6.04. The van der Waals surface area contributed by atoms with Crippen molar-refractivity contribution in [2.75, 3.05) is 12.4 Å². The topological polar surface area (TPSA) is 67.4 Å². The zero-order valence-electron chi connectivity index (χ0n) is 15.8. The number of carbonyl (C=O) groups excluding carboxylic acids is 2. The van der Waals surface area contributed by atoms with E-state index in [0.717, 1.165) is 5.56 Å². The van der Waals surface area contributed by atoms with Crippen molar-refractivity contribution in [3.8, 4) is 5.75 Å². The second-order valence-electron chi connectivity index (χ2n) is 7.18. The number of rotatable bonds is 6. The molecule has 0 bridgehead atoms. The lowest BCUT2D eigenvalue weighted by Crippen LogP contribution is -2.40. The van der Waals surface area contributed by atoms with E-state index in [1.54, 1.807) is 25.3 Å². The Morgan fingerprint density at radius 2 is 1.73 bits per heavy atom. The van der Waals surface area contributed by atoms with Crippen LogP contribution < -0.4 is 15.4 Å². The van der Waals surface area contributed by atoms with Crippen molar-refractivity contribution in [2.24, 2.45) is 0 Å². The lowest BCUT2D eigenvalue weighted by Gasteiger charge is -2.20. The van der Waals surface area contributed by atoms with Crippen molar-refractivity contribution < 1.29 is 14.3 Å². The Hall–Kier alpha value is -2.82. The molecule has 0 saturated heterocycles. The van der Waals surface area contributed by atoms with Crippen LogP contribution in [0, 0.1) is 0 Å². The first-order valence-corrected chi connectivity index (χ1v) is 8.62. The lowest BCUT2D eigenvalue weighted by molar-refractivity contribution is -0.122. The van der Waals surface area contributed by atoms with Crippen molar-refractivity contribution in [3.63, 3.8) is 0 Å². The van der Waals surface area contributed by atoms with Crippen LogP contribution >= 0.6 is 0 Å². The Kier molecular flexibility index (Phi) is 6.39. The highest BCUT2D eigenvalue weighted by Gasteiger charge is 2.13. The van der Waals surface area contributed by atoms with E-state index in [9.17, 15) is 9.59 Å². The number of amides is 2. The summed E-state index contributed by atoms with van der Waals surface area (Å²) in [7, 11) is 1.58. The van der Waals surface area contributed by atoms with Crippen LogP contribution in [0.1, 0.15) is 43.1 Å². The summed E-state index contributed by atoms with van der Waals surface area (Å²) >= 11 is 0. The van der Waals surface area contributed by atoms with Gasteiger partial charge in [0.2, 0.25) is 5.91 Å². The van der Waals surface area contributed by atoms with Gasteiger partial charge in [0.05, 0.1) is 7.11 Å². The van der Waals surface area contributed by atoms with Crippen LogP contribution in [0.5, 0.6) is 5.75 Å². The predicted octanol–water partition coefficient (Wildman–Crippen LogP) is 3.79. The van der Waals surface area contributed by atoms with Crippen LogP contribution in [0.15, 0.2) is 48.5 Å². The van der Waals surface area contributed by atoms with Crippen molar-refractivity contribution in [1.29, 1.82) is 0 Å². The van der Waals surface area contributed by atoms with E-state index in [1.807, 2.05) is 51.1 Å². The molecule has 0 atom stereocenters. The second kappa shape index (κ2) is 8.52. The molecule has 26 heavy (non-hydrogen) atoms. The molecule has 0 aromatic heterocycles. The Balaban J connectivity index is 1.91. The number of anilines is 1. The van der Waals surface area contributed by atoms with Crippen LogP contribution in [0.25, 0.3) is 0 Å². The third kappa shape index (κ3) is 6.24. The van der Waals surface area contributed by atoms with Gasteiger partial charge >= 0.3 is 0 Å². The number of ether oxygens (including phenoxy) is 1. The van der Waals surface area contributed by atoms with Crippen LogP contribution in [0.2, 0.25) is 0 Å². The fraction of sp³-hybridized carbons (Fsp3) is 0.333. The van der Waals surface area contributed by atoms with E-state index in [-0.39, 0.29) is 17.4 Å². The number of nitrogens with one attached hydrogen (secondary N) is 2. The number of hydrogen-bond acceptors (Lipinski definition) is 3. The van der Waals surface area contributed by atoms with Crippen molar-refractivity contribution >= 4 is 17.5 Å². The fourth-order valence-corrected chi connectivity index (χ4v) is 2.47. The molecular weight excluding hydrogens is 328 g/mol. The van der Waals surface area contributed by atoms with Crippen LogP contribution in [-0.4, -0.2) is 24.5 Å². The van der Waals surface area contributed by atoms with Gasteiger partial charge in [0.1, 0.15) is 5.75 Å². The minimum Gasteiger partial charge on any atom is -0.497 e. The largest absolute Gasteiger partial charge is 0.497 e. The summed E-state index contributed by atoms with van der Waals surface area (Å²) in [5, 5.41) is 5.79. The highest BCUT2D eigenvalue weighted by atomic mass is 16.5. The second-order valence-corrected chi connectivity index (χ2v) is 7.18. The first kappa shape index (κ1) is 19.5. The molecule has 0 aliphatic heterocycles. The molecule has 0 unspecified atom stereocenters. The normalized spacial score (nSPS) is 10.9. The molecule has 0 fully saturated rings. The van der Waals surface area contributed by atoms with E-state index in [0.29, 0.717) is 29.8 Å². The van der Waals surface area contributed by atoms with Gasteiger partial charge < -0.3 is 15.4 Å². The Morgan fingerprint density at radius 3 is 2.35 bits per heavy atom. The standard InChI is InChI=1S/C21H26N2O3/c1-21(2,3)23-19(24)13-10-15-8-11-16(12-9-15)20(25)22-17-6-5-7-18(14-17)26-4/h5-9,11-12,14H,10,13H2,1-4H3,(H,22,25)(H,23,24). The van der Waals surface area contributed by atoms with E-state index < -0.39 is 0 Å². The van der Waals surface area contributed by atoms with Gasteiger partial charge in [-0.15, -0.1) is 0 Å². The summed E-state index contributed by atoms with van der Waals surface area (Å²) < 4.78 is 5.15. The predicted molar refractivity (Wildman–Crippen MR) is 104 cm³/mol. The monoisotopic (exact) mass is 354 g/mol. The number of carbonyl (C=O) groups is 2. The molecule has 0 radical (unpaired) electrons. The average molecular weight is 354 g/mol. The molecule has 2 rings (SSSR count). The third-order valence-corrected chi connectivity index (χ3v) is 3.70. The minimum absolute atomic E-state index is 0.0253. The molecule has 2 N–H and O–H groups in total. The number of methoxy groups -OCH3 is 1. The minimum atomic E-state index is -0.223. The van der Waals surface area contributed by atoms with Crippen molar-refractivity contribution in [3.05, 3.63) is 59.7 Å². The van der Waals surface area contributed by atoms with E-state index >= 15 is 0 Å². The molecule has 0 heterocycles. The molecular formula is C21H26N2O3. The summed E-state index contributed by atoms with van der Waals surface area (Å²) in [6.07, 6.45) is 1.06. The molecule has 138 valence electrons. The van der Waals surface area contributed by atoms with Gasteiger partial charge in [-0.05, 0) is 57.0 Å². The molecule has 2 amide bonds. The van der Waals surface area contributed by atoms with Gasteiger partial charge in [0.25, 0.3) is 5.91 Å². The number of hydrogen-bond donors (Lipinski definition) is 2. The quantitative estimate of drug-likeness (QED) is 0.829. The molecule has 0 aliphatic rings. The fourth-order valence-electron chi connectivity index (χ4n) is 2.47. The Bertz CT molecular complexity index is 762. The molecule has 2 aromatic carbocycles. The van der Waals surface area contributed by atoms with E-state index in [2.05, 4.69) is 10.6 Å². The van der Waals surface area contributed by atoms with E-state index in [1.165, 1.54) is 0 Å². The van der Waals surface area contributed by atoms with Gasteiger partial charge in [0, 0.05) is 29.3 Å². The first-order valence-electron chi connectivity index (χ1n) is 8.62. The smallest absolute Gasteiger partial charge is 0.255 e. The first-order chi connectivity index (χ1) is 12.3. The Morgan fingerprint density at radius 1 is 1.04 bits per heavy atom. The summed E-state index contributed by atoms with van der Waals surface area (Å²) in [5.74, 6) is 0.527. The SMILES string of the molecule is COc1cccc(NC(=O)c2ccc(CCC(=O)NC(C)(C)C)cc2)c1. The zero-order valence-corrected chi connectivity index (χ0v) is 15.8. The summed E-state index contributed by atoms with van der Waals surface area (Å²) in [6.45, 7) is 5.88. The number of benzene rings is 2. The zero-order chi connectivity index (χ0) is 19.2. The van der Waals surface area contributed by atoms with Crippen LogP contribution in [0.3, 0.4) is 0 Å². The van der Waals surface area contributed by atoms with Gasteiger partial charge in [-0.1, -0.05) is 18.2 Å². The maximum Gasteiger partial charge on any atom is 0.255 e. The van der Waals surface area contributed by atoms with Crippen molar-refractivity contribution in [2.45, 2.75) is 39.2 Å². The third-order valence-electron chi connectivity index (χ3n) is 3.70. The lowest BCUT2D eigenvalue weighted by atomic mass is 10.1. The van der Waals surface area contributed by atoms with E-state index in [4.69, 9.17) is 4.74 Å². The summed E-state index contributed by atoms with van der Waals surface area (Å²) in [5.41, 5.74) is 2.04. The summed E-state index contributed by atoms with van der Waals surface area (Å²) in [6, 6.07) is 14.5. The van der Waals surface area contributed by atoms with Gasteiger partial charge in [0.15, 0.2) is 0 Å². The van der Waals surface area contributed by atoms with Crippen LogP contribution in [-0.2, 0) is 11.2 Å². The highest BCUT2D eigenvalue weighted by Crippen LogP contribution is 2.18. The van der Waals surface area contributed by atoms with Crippen molar-refractivity contribution in [1.82, 2.24) is 5.32 Å². The van der Waals surface area contributed by atoms with Crippen LogP contribution in [0.4, 0.5) is 5.69 Å². The maximum atomic E-state index is 12.3.